The Hall–Kier alpha value is -1.10. The van der Waals surface area contributed by atoms with E-state index in [-0.39, 0.29) is 5.54 Å². The van der Waals surface area contributed by atoms with E-state index in [2.05, 4.69) is 41.6 Å². The summed E-state index contributed by atoms with van der Waals surface area (Å²) in [5.41, 5.74) is 0.0656. The van der Waals surface area contributed by atoms with Crippen molar-refractivity contribution < 1.29 is 4.42 Å². The SMILES string of the molecule is CC(C)(C)NCc1nnc(NCC2CC2)o1. The van der Waals surface area contributed by atoms with Crippen LogP contribution in [-0.2, 0) is 6.54 Å². The van der Waals surface area contributed by atoms with E-state index in [1.165, 1.54) is 12.8 Å². The van der Waals surface area contributed by atoms with Gasteiger partial charge in [0.2, 0.25) is 5.89 Å². The molecule has 0 bridgehead atoms. The van der Waals surface area contributed by atoms with Crippen molar-refractivity contribution in [1.82, 2.24) is 15.5 Å². The van der Waals surface area contributed by atoms with Gasteiger partial charge >= 0.3 is 6.01 Å². The molecule has 1 aliphatic carbocycles. The molecule has 0 saturated heterocycles. The van der Waals surface area contributed by atoms with Crippen molar-refractivity contribution in [2.75, 3.05) is 11.9 Å². The normalized spacial score (nSPS) is 16.4. The summed E-state index contributed by atoms with van der Waals surface area (Å²) in [5, 5.41) is 14.4. The monoisotopic (exact) mass is 224 g/mol. The number of aromatic nitrogens is 2. The number of anilines is 1. The quantitative estimate of drug-likeness (QED) is 0.798. The van der Waals surface area contributed by atoms with E-state index in [4.69, 9.17) is 4.42 Å². The van der Waals surface area contributed by atoms with Gasteiger partial charge in [-0.05, 0) is 39.5 Å². The standard InChI is InChI=1S/C11H20N4O/c1-11(2,3)13-7-9-14-15-10(16-9)12-6-8-4-5-8/h8,13H,4-7H2,1-3H3,(H,12,15). The third-order valence-corrected chi connectivity index (χ3v) is 2.48. The lowest BCUT2D eigenvalue weighted by Gasteiger charge is -2.18. The Labute approximate surface area is 96.0 Å². The molecule has 2 rings (SSSR count). The highest BCUT2D eigenvalue weighted by molar-refractivity contribution is 5.17. The zero-order valence-electron chi connectivity index (χ0n) is 10.2. The van der Waals surface area contributed by atoms with Gasteiger partial charge in [0.05, 0.1) is 6.54 Å². The molecule has 0 unspecified atom stereocenters. The second kappa shape index (κ2) is 4.41. The van der Waals surface area contributed by atoms with Crippen LogP contribution in [0.25, 0.3) is 0 Å². The number of nitrogens with one attached hydrogen (secondary N) is 2. The molecule has 1 saturated carbocycles. The third kappa shape index (κ3) is 3.81. The van der Waals surface area contributed by atoms with Gasteiger partial charge in [0, 0.05) is 12.1 Å². The van der Waals surface area contributed by atoms with Gasteiger partial charge in [0.15, 0.2) is 0 Å². The summed E-state index contributed by atoms with van der Waals surface area (Å²) >= 11 is 0. The smallest absolute Gasteiger partial charge is 0.315 e. The van der Waals surface area contributed by atoms with Crippen molar-refractivity contribution in [3.05, 3.63) is 5.89 Å². The highest BCUT2D eigenvalue weighted by Crippen LogP contribution is 2.28. The molecule has 0 aliphatic heterocycles. The van der Waals surface area contributed by atoms with E-state index in [0.717, 1.165) is 12.5 Å². The molecule has 1 heterocycles. The molecule has 0 aromatic carbocycles. The zero-order chi connectivity index (χ0) is 11.6. The molecule has 1 aromatic rings. The van der Waals surface area contributed by atoms with Crippen LogP contribution in [0.2, 0.25) is 0 Å². The largest absolute Gasteiger partial charge is 0.407 e. The van der Waals surface area contributed by atoms with Crippen LogP contribution in [-0.4, -0.2) is 22.3 Å². The first kappa shape index (κ1) is 11.4. The Balaban J connectivity index is 1.77. The van der Waals surface area contributed by atoms with E-state index in [9.17, 15) is 0 Å². The topological polar surface area (TPSA) is 63.0 Å². The van der Waals surface area contributed by atoms with Crippen LogP contribution >= 0.6 is 0 Å². The minimum atomic E-state index is 0.0656. The van der Waals surface area contributed by atoms with Crippen molar-refractivity contribution in [3.8, 4) is 0 Å². The van der Waals surface area contributed by atoms with Gasteiger partial charge in [-0.25, -0.2) is 0 Å². The number of hydrogen-bond donors (Lipinski definition) is 2. The van der Waals surface area contributed by atoms with E-state index in [1.807, 2.05) is 0 Å². The van der Waals surface area contributed by atoms with Crippen LogP contribution < -0.4 is 10.6 Å². The number of rotatable bonds is 5. The minimum Gasteiger partial charge on any atom is -0.407 e. The third-order valence-electron chi connectivity index (χ3n) is 2.48. The van der Waals surface area contributed by atoms with Crippen LogP contribution in [0.3, 0.4) is 0 Å². The first-order chi connectivity index (χ1) is 7.53. The Morgan fingerprint density at radius 1 is 1.31 bits per heavy atom. The van der Waals surface area contributed by atoms with Crippen molar-refractivity contribution in [3.63, 3.8) is 0 Å². The number of hydrogen-bond acceptors (Lipinski definition) is 5. The summed E-state index contributed by atoms with van der Waals surface area (Å²) in [4.78, 5) is 0. The summed E-state index contributed by atoms with van der Waals surface area (Å²) in [6.07, 6.45) is 2.64. The summed E-state index contributed by atoms with van der Waals surface area (Å²) in [6.45, 7) is 7.89. The Kier molecular flexibility index (Phi) is 3.14. The molecule has 2 N–H and O–H groups in total. The van der Waals surface area contributed by atoms with Crippen molar-refractivity contribution in [2.45, 2.75) is 45.7 Å². The van der Waals surface area contributed by atoms with E-state index in [1.54, 1.807) is 0 Å². The lowest BCUT2D eigenvalue weighted by molar-refractivity contribution is 0.383. The Bertz CT molecular complexity index is 338. The lowest BCUT2D eigenvalue weighted by Crippen LogP contribution is -2.35. The maximum absolute atomic E-state index is 5.46. The second-order valence-electron chi connectivity index (χ2n) is 5.43. The molecule has 5 heteroatoms. The Morgan fingerprint density at radius 3 is 2.69 bits per heavy atom. The van der Waals surface area contributed by atoms with E-state index < -0.39 is 0 Å². The maximum Gasteiger partial charge on any atom is 0.315 e. The molecule has 1 aliphatic rings. The van der Waals surface area contributed by atoms with Gasteiger partial charge < -0.3 is 15.1 Å². The molecule has 0 atom stereocenters. The van der Waals surface area contributed by atoms with Gasteiger partial charge in [-0.1, -0.05) is 5.10 Å². The molecule has 90 valence electrons. The predicted molar refractivity (Wildman–Crippen MR) is 62.1 cm³/mol. The molecular weight excluding hydrogens is 204 g/mol. The fraction of sp³-hybridized carbons (Fsp3) is 0.818. The number of nitrogens with zero attached hydrogens (tertiary/aromatic N) is 2. The molecule has 0 amide bonds. The van der Waals surface area contributed by atoms with E-state index >= 15 is 0 Å². The molecule has 16 heavy (non-hydrogen) atoms. The molecule has 5 nitrogen and oxygen atoms in total. The Morgan fingerprint density at radius 2 is 2.06 bits per heavy atom. The van der Waals surface area contributed by atoms with Crippen molar-refractivity contribution in [1.29, 1.82) is 0 Å². The highest BCUT2D eigenvalue weighted by Gasteiger charge is 2.21. The predicted octanol–water partition coefficient (Wildman–Crippen LogP) is 1.78. The zero-order valence-corrected chi connectivity index (χ0v) is 10.2. The van der Waals surface area contributed by atoms with Gasteiger partial charge in [-0.2, -0.15) is 0 Å². The molecule has 1 fully saturated rings. The van der Waals surface area contributed by atoms with Crippen LogP contribution in [0.5, 0.6) is 0 Å². The second-order valence-corrected chi connectivity index (χ2v) is 5.43. The summed E-state index contributed by atoms with van der Waals surface area (Å²) < 4.78 is 5.46. The summed E-state index contributed by atoms with van der Waals surface area (Å²) in [5.74, 6) is 1.44. The lowest BCUT2D eigenvalue weighted by atomic mass is 10.1. The molecule has 0 spiro atoms. The van der Waals surface area contributed by atoms with Gasteiger partial charge in [0.1, 0.15) is 0 Å². The molecule has 1 aromatic heterocycles. The molecule has 0 radical (unpaired) electrons. The van der Waals surface area contributed by atoms with E-state index in [0.29, 0.717) is 18.5 Å². The van der Waals surface area contributed by atoms with Crippen LogP contribution in [0.15, 0.2) is 4.42 Å². The molecular formula is C11H20N4O. The highest BCUT2D eigenvalue weighted by atomic mass is 16.4. The van der Waals surface area contributed by atoms with Crippen molar-refractivity contribution >= 4 is 6.01 Å². The first-order valence-corrected chi connectivity index (χ1v) is 5.84. The fourth-order valence-electron chi connectivity index (χ4n) is 1.29. The first-order valence-electron chi connectivity index (χ1n) is 5.84. The van der Waals surface area contributed by atoms with Crippen LogP contribution in [0.1, 0.15) is 39.5 Å². The average Bonchev–Trinajstić information content (AvgIpc) is 2.91. The van der Waals surface area contributed by atoms with Crippen LogP contribution in [0.4, 0.5) is 6.01 Å². The van der Waals surface area contributed by atoms with Gasteiger partial charge in [-0.15, -0.1) is 5.10 Å². The summed E-state index contributed by atoms with van der Waals surface area (Å²) in [7, 11) is 0. The maximum atomic E-state index is 5.46. The van der Waals surface area contributed by atoms with Gasteiger partial charge in [0.25, 0.3) is 0 Å². The fourth-order valence-corrected chi connectivity index (χ4v) is 1.29. The summed E-state index contributed by atoms with van der Waals surface area (Å²) in [6, 6.07) is 0.539. The van der Waals surface area contributed by atoms with Crippen molar-refractivity contribution in [2.24, 2.45) is 5.92 Å². The van der Waals surface area contributed by atoms with Crippen LogP contribution in [0, 0.1) is 5.92 Å². The average molecular weight is 224 g/mol. The minimum absolute atomic E-state index is 0.0656. The van der Waals surface area contributed by atoms with Gasteiger partial charge in [-0.3, -0.25) is 0 Å².